The van der Waals surface area contributed by atoms with Gasteiger partial charge in [0.05, 0.1) is 0 Å². The maximum absolute atomic E-state index is 11.9. The highest BCUT2D eigenvalue weighted by atomic mass is 79.9. The smallest absolute Gasteiger partial charge is 0.317 e. The van der Waals surface area contributed by atoms with Crippen LogP contribution in [0.1, 0.15) is 24.8 Å². The van der Waals surface area contributed by atoms with Gasteiger partial charge in [-0.3, -0.25) is 0 Å². The summed E-state index contributed by atoms with van der Waals surface area (Å²) in [7, 11) is 0. The molecule has 1 N–H and O–H groups in total. The highest BCUT2D eigenvalue weighted by Crippen LogP contribution is 2.12. The molecule has 0 bridgehead atoms. The van der Waals surface area contributed by atoms with E-state index in [2.05, 4.69) is 33.4 Å². The summed E-state index contributed by atoms with van der Waals surface area (Å²) in [5, 5.41) is 2.99. The number of halogens is 1. The maximum atomic E-state index is 11.9. The molecule has 1 aliphatic heterocycles. The third-order valence-corrected chi connectivity index (χ3v) is 3.72. The Morgan fingerprint density at radius 1 is 1.28 bits per heavy atom. The molecule has 1 aliphatic rings. The van der Waals surface area contributed by atoms with Gasteiger partial charge in [0.25, 0.3) is 0 Å². The Kier molecular flexibility index (Phi) is 5.05. The second kappa shape index (κ2) is 6.78. The molecule has 98 valence electrons. The van der Waals surface area contributed by atoms with Gasteiger partial charge in [0, 0.05) is 24.1 Å². The molecule has 3 nitrogen and oxygen atoms in total. The molecule has 0 spiro atoms. The zero-order valence-corrected chi connectivity index (χ0v) is 12.1. The van der Waals surface area contributed by atoms with E-state index in [-0.39, 0.29) is 6.03 Å². The monoisotopic (exact) mass is 310 g/mol. The third-order valence-electron chi connectivity index (χ3n) is 3.22. The van der Waals surface area contributed by atoms with E-state index in [0.717, 1.165) is 36.8 Å². The average molecular weight is 311 g/mol. The van der Waals surface area contributed by atoms with Crippen molar-refractivity contribution in [1.82, 2.24) is 10.2 Å². The number of carbonyl (C=O) groups excluding carboxylic acids is 1. The van der Waals surface area contributed by atoms with Crippen molar-refractivity contribution in [3.05, 3.63) is 34.3 Å². The van der Waals surface area contributed by atoms with Gasteiger partial charge in [0.1, 0.15) is 0 Å². The van der Waals surface area contributed by atoms with Crippen LogP contribution in [0.4, 0.5) is 4.79 Å². The van der Waals surface area contributed by atoms with Crippen LogP contribution in [-0.2, 0) is 6.42 Å². The molecule has 0 unspecified atom stereocenters. The molecule has 0 saturated carbocycles. The van der Waals surface area contributed by atoms with Crippen LogP contribution < -0.4 is 5.32 Å². The number of piperidine rings is 1. The quantitative estimate of drug-likeness (QED) is 0.913. The minimum Gasteiger partial charge on any atom is -0.338 e. The molecule has 0 radical (unpaired) electrons. The first-order valence-corrected chi connectivity index (χ1v) is 7.32. The van der Waals surface area contributed by atoms with Gasteiger partial charge < -0.3 is 10.2 Å². The summed E-state index contributed by atoms with van der Waals surface area (Å²) in [6, 6.07) is 8.29. The Labute approximate surface area is 117 Å². The summed E-state index contributed by atoms with van der Waals surface area (Å²) in [4.78, 5) is 13.8. The van der Waals surface area contributed by atoms with E-state index >= 15 is 0 Å². The summed E-state index contributed by atoms with van der Waals surface area (Å²) in [6.45, 7) is 2.51. The minimum absolute atomic E-state index is 0.0877. The van der Waals surface area contributed by atoms with Gasteiger partial charge >= 0.3 is 6.03 Å². The van der Waals surface area contributed by atoms with E-state index in [4.69, 9.17) is 0 Å². The van der Waals surface area contributed by atoms with Gasteiger partial charge in [-0.15, -0.1) is 0 Å². The van der Waals surface area contributed by atoms with Crippen molar-refractivity contribution in [2.45, 2.75) is 25.7 Å². The first-order valence-electron chi connectivity index (χ1n) is 6.53. The number of benzene rings is 1. The van der Waals surface area contributed by atoms with Crippen molar-refractivity contribution in [2.75, 3.05) is 19.6 Å². The number of amides is 2. The van der Waals surface area contributed by atoms with Crippen LogP contribution in [0.25, 0.3) is 0 Å². The fourth-order valence-electron chi connectivity index (χ4n) is 2.22. The molecule has 1 heterocycles. The number of hydrogen-bond donors (Lipinski definition) is 1. The number of nitrogens with zero attached hydrogens (tertiary/aromatic N) is 1. The lowest BCUT2D eigenvalue weighted by Crippen LogP contribution is -2.43. The molecule has 1 fully saturated rings. The number of likely N-dealkylation sites (tertiary alicyclic amines) is 1. The SMILES string of the molecule is O=C(NCCc1cccc(Br)c1)N1CCCCC1. The molecule has 0 aliphatic carbocycles. The highest BCUT2D eigenvalue weighted by molar-refractivity contribution is 9.10. The Bertz CT molecular complexity index is 403. The van der Waals surface area contributed by atoms with Crippen LogP contribution >= 0.6 is 15.9 Å². The summed E-state index contributed by atoms with van der Waals surface area (Å²) >= 11 is 3.45. The first kappa shape index (κ1) is 13.4. The van der Waals surface area contributed by atoms with Gasteiger partial charge in [-0.2, -0.15) is 0 Å². The third kappa shape index (κ3) is 4.02. The molecular weight excluding hydrogens is 292 g/mol. The summed E-state index contributed by atoms with van der Waals surface area (Å²) < 4.78 is 1.09. The molecule has 1 aromatic carbocycles. The van der Waals surface area contributed by atoms with Crippen molar-refractivity contribution in [2.24, 2.45) is 0 Å². The number of nitrogens with one attached hydrogen (secondary N) is 1. The van der Waals surface area contributed by atoms with Crippen molar-refractivity contribution in [3.8, 4) is 0 Å². The van der Waals surface area contributed by atoms with Crippen LogP contribution in [0.2, 0.25) is 0 Å². The zero-order valence-electron chi connectivity index (χ0n) is 10.5. The number of urea groups is 1. The number of hydrogen-bond acceptors (Lipinski definition) is 1. The van der Waals surface area contributed by atoms with E-state index in [0.29, 0.717) is 6.54 Å². The second-order valence-electron chi connectivity index (χ2n) is 4.66. The van der Waals surface area contributed by atoms with Gasteiger partial charge in [-0.1, -0.05) is 28.1 Å². The van der Waals surface area contributed by atoms with Gasteiger partial charge in [-0.25, -0.2) is 4.79 Å². The maximum Gasteiger partial charge on any atom is 0.317 e. The fourth-order valence-corrected chi connectivity index (χ4v) is 2.66. The van der Waals surface area contributed by atoms with Crippen LogP contribution in [0.15, 0.2) is 28.7 Å². The Hall–Kier alpha value is -1.03. The first-order chi connectivity index (χ1) is 8.75. The van der Waals surface area contributed by atoms with Crippen molar-refractivity contribution in [3.63, 3.8) is 0 Å². The Balaban J connectivity index is 1.73. The van der Waals surface area contributed by atoms with Crippen molar-refractivity contribution < 1.29 is 4.79 Å². The molecule has 2 rings (SSSR count). The summed E-state index contributed by atoms with van der Waals surface area (Å²) in [5.41, 5.74) is 1.24. The minimum atomic E-state index is 0.0877. The van der Waals surface area contributed by atoms with Gasteiger partial charge in [0.15, 0.2) is 0 Å². The van der Waals surface area contributed by atoms with E-state index in [1.165, 1.54) is 12.0 Å². The standard InChI is InChI=1S/C14H19BrN2O/c15-13-6-4-5-12(11-13)7-8-16-14(18)17-9-2-1-3-10-17/h4-6,11H,1-3,7-10H2,(H,16,18). The summed E-state index contributed by atoms with van der Waals surface area (Å²) in [5.74, 6) is 0. The normalized spacial score (nSPS) is 15.5. The van der Waals surface area contributed by atoms with Crippen LogP contribution in [-0.4, -0.2) is 30.6 Å². The fraction of sp³-hybridized carbons (Fsp3) is 0.500. The van der Waals surface area contributed by atoms with Gasteiger partial charge in [0.2, 0.25) is 0 Å². The Morgan fingerprint density at radius 2 is 2.06 bits per heavy atom. The van der Waals surface area contributed by atoms with Crippen LogP contribution in [0.5, 0.6) is 0 Å². The van der Waals surface area contributed by atoms with Crippen molar-refractivity contribution in [1.29, 1.82) is 0 Å². The molecule has 1 saturated heterocycles. The summed E-state index contributed by atoms with van der Waals surface area (Å²) in [6.07, 6.45) is 4.40. The largest absolute Gasteiger partial charge is 0.338 e. The zero-order chi connectivity index (χ0) is 12.8. The lowest BCUT2D eigenvalue weighted by Gasteiger charge is -2.26. The molecule has 0 atom stereocenters. The second-order valence-corrected chi connectivity index (χ2v) is 5.58. The molecule has 2 amide bonds. The van der Waals surface area contributed by atoms with E-state index < -0.39 is 0 Å². The molecule has 1 aromatic rings. The Morgan fingerprint density at radius 3 is 2.78 bits per heavy atom. The predicted octanol–water partition coefficient (Wildman–Crippen LogP) is 3.19. The number of rotatable bonds is 3. The van der Waals surface area contributed by atoms with E-state index in [1.807, 2.05) is 17.0 Å². The average Bonchev–Trinajstić information content (AvgIpc) is 2.40. The lowest BCUT2D eigenvalue weighted by atomic mass is 10.1. The molecular formula is C14H19BrN2O. The van der Waals surface area contributed by atoms with Crippen LogP contribution in [0.3, 0.4) is 0 Å². The topological polar surface area (TPSA) is 32.3 Å². The predicted molar refractivity (Wildman–Crippen MR) is 76.7 cm³/mol. The lowest BCUT2D eigenvalue weighted by molar-refractivity contribution is 0.186. The van der Waals surface area contributed by atoms with Crippen LogP contribution in [0, 0.1) is 0 Å². The molecule has 18 heavy (non-hydrogen) atoms. The molecule has 0 aromatic heterocycles. The molecule has 4 heteroatoms. The number of carbonyl (C=O) groups is 1. The highest BCUT2D eigenvalue weighted by Gasteiger charge is 2.15. The van der Waals surface area contributed by atoms with E-state index in [1.54, 1.807) is 0 Å². The van der Waals surface area contributed by atoms with E-state index in [9.17, 15) is 4.79 Å². The van der Waals surface area contributed by atoms with Gasteiger partial charge in [-0.05, 0) is 43.4 Å². The van der Waals surface area contributed by atoms with Crippen molar-refractivity contribution >= 4 is 22.0 Å².